The molecule has 1 heterocycles. The second-order valence-corrected chi connectivity index (χ2v) is 11.9. The smallest absolute Gasteiger partial charge is 0.139 e. The zero-order chi connectivity index (χ0) is 21.8. The average Bonchev–Trinajstić information content (AvgIpc) is 3.05. The molecule has 0 amide bonds. The van der Waals surface area contributed by atoms with Crippen molar-refractivity contribution in [2.75, 3.05) is 46.4 Å². The van der Waals surface area contributed by atoms with E-state index >= 15 is 0 Å². The number of hydrogen-bond donors (Lipinski definition) is 0. The van der Waals surface area contributed by atoms with E-state index in [1.54, 1.807) is 0 Å². The highest BCUT2D eigenvalue weighted by molar-refractivity contribution is 5.88. The van der Waals surface area contributed by atoms with Crippen molar-refractivity contribution >= 4 is 11.6 Å². The van der Waals surface area contributed by atoms with Crippen LogP contribution in [0.1, 0.15) is 65.2 Å². The normalized spacial score (nSPS) is 46.5. The number of ketones is 2. The molecule has 4 saturated carbocycles. The van der Waals surface area contributed by atoms with Crippen LogP contribution in [0.3, 0.4) is 0 Å². The Hall–Kier alpha value is -0.780. The monoisotopic (exact) mass is 430 g/mol. The summed E-state index contributed by atoms with van der Waals surface area (Å²) in [7, 11) is 2.19. The van der Waals surface area contributed by atoms with Gasteiger partial charge in [0.25, 0.3) is 0 Å². The predicted molar refractivity (Wildman–Crippen MR) is 121 cm³/mol. The van der Waals surface area contributed by atoms with E-state index in [9.17, 15) is 9.59 Å². The molecule has 0 radical (unpaired) electrons. The van der Waals surface area contributed by atoms with Gasteiger partial charge >= 0.3 is 0 Å². The summed E-state index contributed by atoms with van der Waals surface area (Å²) in [5.41, 5.74) is -0.0293. The molecule has 0 aromatic rings. The molecule has 5 rings (SSSR count). The molecule has 5 aliphatic rings. The summed E-state index contributed by atoms with van der Waals surface area (Å²) in [5, 5.41) is 0. The first-order valence-electron chi connectivity index (χ1n) is 12.9. The summed E-state index contributed by atoms with van der Waals surface area (Å²) in [6.07, 6.45) is 8.01. The highest BCUT2D eigenvalue weighted by atomic mass is 16.5. The largest absolute Gasteiger partial charge is 0.377 e. The maximum absolute atomic E-state index is 13.4. The molecule has 0 aromatic carbocycles. The van der Waals surface area contributed by atoms with Gasteiger partial charge in [0.2, 0.25) is 0 Å². The standard InChI is InChI=1S/C26H42N2O3/c1-25-8-6-18(31-15-14-28-12-10-27(3)11-13-28)16-22(25)23(29)17-19-20-4-5-24(30)26(20,2)9-7-21(19)25/h18-22H,4-17H2,1-3H3/t18-,19-,20-,21-,22+,25+,26-/m0/s1. The van der Waals surface area contributed by atoms with E-state index < -0.39 is 0 Å². The van der Waals surface area contributed by atoms with Crippen molar-refractivity contribution in [1.29, 1.82) is 0 Å². The van der Waals surface area contributed by atoms with Gasteiger partial charge < -0.3 is 9.64 Å². The molecular formula is C26H42N2O3. The van der Waals surface area contributed by atoms with E-state index in [0.29, 0.717) is 35.7 Å². The Morgan fingerprint density at radius 1 is 1.00 bits per heavy atom. The number of carbonyl (C=O) groups excluding carboxylic acids is 2. The number of Topliss-reactive ketones (excluding diaryl/α,β-unsaturated/α-hetero) is 2. The van der Waals surface area contributed by atoms with Gasteiger partial charge in [0.15, 0.2) is 0 Å². The van der Waals surface area contributed by atoms with E-state index in [0.717, 1.165) is 84.3 Å². The van der Waals surface area contributed by atoms with Gasteiger partial charge in [0, 0.05) is 56.9 Å². The third-order valence-corrected chi connectivity index (χ3v) is 10.5. The van der Waals surface area contributed by atoms with Crippen molar-refractivity contribution in [3.8, 4) is 0 Å². The number of fused-ring (bicyclic) bond motifs is 5. The molecular weight excluding hydrogens is 388 g/mol. The lowest BCUT2D eigenvalue weighted by molar-refractivity contribution is -0.163. The number of carbonyl (C=O) groups is 2. The van der Waals surface area contributed by atoms with Crippen LogP contribution in [0.4, 0.5) is 0 Å². The molecule has 0 N–H and O–H groups in total. The number of nitrogens with zero attached hydrogens (tertiary/aromatic N) is 2. The fourth-order valence-electron chi connectivity index (χ4n) is 8.35. The highest BCUT2D eigenvalue weighted by Gasteiger charge is 2.62. The van der Waals surface area contributed by atoms with E-state index in [2.05, 4.69) is 30.7 Å². The molecule has 0 bridgehead atoms. The Morgan fingerprint density at radius 3 is 2.55 bits per heavy atom. The molecule has 0 aromatic heterocycles. The summed E-state index contributed by atoms with van der Waals surface area (Å²) in [4.78, 5) is 30.9. The molecule has 1 saturated heterocycles. The lowest BCUT2D eigenvalue weighted by Gasteiger charge is -2.59. The van der Waals surface area contributed by atoms with Gasteiger partial charge in [-0.15, -0.1) is 0 Å². The van der Waals surface area contributed by atoms with Crippen molar-refractivity contribution < 1.29 is 14.3 Å². The third kappa shape index (κ3) is 3.73. The molecule has 4 aliphatic carbocycles. The van der Waals surface area contributed by atoms with E-state index in [1.807, 2.05) is 0 Å². The minimum atomic E-state index is -0.145. The fourth-order valence-corrected chi connectivity index (χ4v) is 8.35. The van der Waals surface area contributed by atoms with Crippen LogP contribution in [0.15, 0.2) is 0 Å². The maximum atomic E-state index is 13.4. The topological polar surface area (TPSA) is 49.9 Å². The zero-order valence-corrected chi connectivity index (χ0v) is 19.9. The lowest BCUT2D eigenvalue weighted by Crippen LogP contribution is -2.57. The Kier molecular flexibility index (Phi) is 5.84. The number of likely N-dealkylation sites (N-methyl/N-ethyl adjacent to an activating group) is 1. The van der Waals surface area contributed by atoms with Gasteiger partial charge in [-0.3, -0.25) is 14.5 Å². The zero-order valence-electron chi connectivity index (χ0n) is 19.9. The van der Waals surface area contributed by atoms with Crippen molar-refractivity contribution in [1.82, 2.24) is 9.80 Å². The van der Waals surface area contributed by atoms with Crippen molar-refractivity contribution in [2.24, 2.45) is 34.5 Å². The first-order valence-corrected chi connectivity index (χ1v) is 12.9. The van der Waals surface area contributed by atoms with Crippen LogP contribution in [0.5, 0.6) is 0 Å². The lowest BCUT2D eigenvalue weighted by atomic mass is 9.45. The minimum Gasteiger partial charge on any atom is -0.377 e. The van der Waals surface area contributed by atoms with Gasteiger partial charge in [0.05, 0.1) is 12.7 Å². The summed E-state index contributed by atoms with van der Waals surface area (Å²) >= 11 is 0. The van der Waals surface area contributed by atoms with Gasteiger partial charge in [0.1, 0.15) is 11.6 Å². The van der Waals surface area contributed by atoms with Crippen LogP contribution in [0, 0.1) is 34.5 Å². The quantitative estimate of drug-likeness (QED) is 0.684. The van der Waals surface area contributed by atoms with Crippen LogP contribution in [-0.4, -0.2) is 73.8 Å². The molecule has 174 valence electrons. The van der Waals surface area contributed by atoms with Gasteiger partial charge in [-0.05, 0) is 68.7 Å². The van der Waals surface area contributed by atoms with E-state index in [-0.39, 0.29) is 22.9 Å². The SMILES string of the molecule is CN1CCN(CCO[C@H]2CC[C@@]3(C)[C@H](C2)C(=O)C[C@@H]2[C@@H]3CC[C@]3(C)C(=O)CC[C@@H]23)CC1. The molecule has 5 heteroatoms. The Labute approximate surface area is 188 Å². The summed E-state index contributed by atoms with van der Waals surface area (Å²) < 4.78 is 6.34. The molecule has 5 fully saturated rings. The molecule has 31 heavy (non-hydrogen) atoms. The van der Waals surface area contributed by atoms with Crippen LogP contribution in [0.25, 0.3) is 0 Å². The average molecular weight is 431 g/mol. The van der Waals surface area contributed by atoms with Crippen molar-refractivity contribution in [3.05, 3.63) is 0 Å². The summed E-state index contributed by atoms with van der Waals surface area (Å²) in [5.74, 6) is 2.60. The Balaban J connectivity index is 1.20. The predicted octanol–water partition coefficient (Wildman–Crippen LogP) is 3.41. The van der Waals surface area contributed by atoms with Crippen LogP contribution in [0.2, 0.25) is 0 Å². The Bertz CT molecular complexity index is 717. The van der Waals surface area contributed by atoms with Gasteiger partial charge in [-0.25, -0.2) is 0 Å². The van der Waals surface area contributed by atoms with Crippen molar-refractivity contribution in [2.45, 2.75) is 71.3 Å². The third-order valence-electron chi connectivity index (χ3n) is 10.5. The molecule has 0 unspecified atom stereocenters. The minimum absolute atomic E-state index is 0.115. The summed E-state index contributed by atoms with van der Waals surface area (Å²) in [6, 6.07) is 0. The molecule has 5 nitrogen and oxygen atoms in total. The van der Waals surface area contributed by atoms with Crippen molar-refractivity contribution in [3.63, 3.8) is 0 Å². The van der Waals surface area contributed by atoms with Crippen LogP contribution >= 0.6 is 0 Å². The van der Waals surface area contributed by atoms with E-state index in [4.69, 9.17) is 4.74 Å². The number of piperazine rings is 1. The summed E-state index contributed by atoms with van der Waals surface area (Å²) in [6.45, 7) is 11.0. The second-order valence-electron chi connectivity index (χ2n) is 11.9. The Morgan fingerprint density at radius 2 is 1.77 bits per heavy atom. The van der Waals surface area contributed by atoms with Crippen LogP contribution in [-0.2, 0) is 14.3 Å². The molecule has 0 spiro atoms. The number of rotatable bonds is 4. The molecule has 1 aliphatic heterocycles. The maximum Gasteiger partial charge on any atom is 0.139 e. The first kappa shape index (κ1) is 22.0. The fraction of sp³-hybridized carbons (Fsp3) is 0.923. The number of ether oxygens (including phenoxy) is 1. The van der Waals surface area contributed by atoms with Crippen LogP contribution < -0.4 is 0 Å². The van der Waals surface area contributed by atoms with E-state index in [1.165, 1.54) is 0 Å². The number of hydrogen-bond acceptors (Lipinski definition) is 5. The van der Waals surface area contributed by atoms with Gasteiger partial charge in [-0.2, -0.15) is 0 Å². The second kappa shape index (κ2) is 8.22. The van der Waals surface area contributed by atoms with Gasteiger partial charge in [-0.1, -0.05) is 13.8 Å². The first-order chi connectivity index (χ1) is 14.8. The highest BCUT2D eigenvalue weighted by Crippen LogP contribution is 2.64. The molecule has 7 atom stereocenters.